The molecule has 0 aromatic heterocycles. The van der Waals surface area contributed by atoms with Gasteiger partial charge in [0, 0.05) is 20.1 Å². The number of carbonyl (C=O) groups excluding carboxylic acids is 5. The van der Waals surface area contributed by atoms with E-state index in [9.17, 15) is 37.1 Å². The van der Waals surface area contributed by atoms with Crippen LogP contribution in [-0.2, 0) is 24.0 Å². The monoisotopic (exact) mass is 477 g/mol. The molecule has 2 fully saturated rings. The molecule has 4 atom stereocenters. The fourth-order valence-electron chi connectivity index (χ4n) is 4.39. The Morgan fingerprint density at radius 3 is 2.33 bits per heavy atom. The molecule has 0 saturated carbocycles. The molecule has 1 spiro atoms. The minimum Gasteiger partial charge on any atom is -0.368 e. The van der Waals surface area contributed by atoms with Crippen molar-refractivity contribution in [2.75, 3.05) is 20.1 Å². The van der Waals surface area contributed by atoms with Crippen molar-refractivity contribution in [3.8, 4) is 0 Å². The van der Waals surface area contributed by atoms with E-state index < -0.39 is 53.3 Å². The number of hydrogen-bond donors (Lipinski definition) is 3. The van der Waals surface area contributed by atoms with Gasteiger partial charge in [-0.2, -0.15) is 13.2 Å². The molecule has 0 unspecified atom stereocenters. The molecule has 2 rings (SSSR count). The van der Waals surface area contributed by atoms with Gasteiger partial charge in [0.15, 0.2) is 0 Å². The summed E-state index contributed by atoms with van der Waals surface area (Å²) in [5.74, 6) is -4.98. The number of primary amides is 1. The van der Waals surface area contributed by atoms with Gasteiger partial charge in [-0.05, 0) is 32.1 Å². The number of nitrogens with two attached hydrogens (primary N) is 1. The summed E-state index contributed by atoms with van der Waals surface area (Å²) >= 11 is 0. The predicted octanol–water partition coefficient (Wildman–Crippen LogP) is -0.481. The Hall–Kier alpha value is -2.86. The Labute approximate surface area is 189 Å². The number of nitrogens with zero attached hydrogens (tertiary/aromatic N) is 2. The SMILES string of the molecule is CC(C)C[C@@H](C(=O)N1C[C@]2(CCNC2=O)C[C@H]1C(N)=O)N(C)C(=O)[C@H](C)NC(=O)C(F)(F)F. The fraction of sp³-hybridized carbons (Fsp3) is 0.750. The maximum atomic E-state index is 13.5. The zero-order valence-corrected chi connectivity index (χ0v) is 19.0. The standard InChI is InChI=1S/C20H30F3N5O5/c1-10(2)7-12(27(4)15(30)11(3)26-18(33)20(21,22)23)16(31)28-9-19(5-6-25-17(19)32)8-13(28)14(24)29/h10-13H,5-9H2,1-4H3,(H2,24,29)(H,25,32)(H,26,33)/t11-,12-,13-,19-/m0/s1. The first-order valence-corrected chi connectivity index (χ1v) is 10.6. The van der Waals surface area contributed by atoms with Crippen LogP contribution in [0.4, 0.5) is 13.2 Å². The third-order valence-electron chi connectivity index (χ3n) is 6.19. The van der Waals surface area contributed by atoms with Crippen LogP contribution in [-0.4, -0.2) is 83.8 Å². The average Bonchev–Trinajstić information content (AvgIpc) is 3.27. The molecule has 0 aliphatic carbocycles. The molecule has 13 heteroatoms. The Bertz CT molecular complexity index is 833. The number of hydrogen-bond acceptors (Lipinski definition) is 5. The van der Waals surface area contributed by atoms with E-state index in [1.807, 2.05) is 0 Å². The van der Waals surface area contributed by atoms with E-state index in [0.29, 0.717) is 13.0 Å². The Balaban J connectivity index is 2.28. The van der Waals surface area contributed by atoms with Crippen LogP contribution in [0.5, 0.6) is 0 Å². The first kappa shape index (κ1) is 26.4. The quantitative estimate of drug-likeness (QED) is 0.454. The minimum absolute atomic E-state index is 0.0533. The van der Waals surface area contributed by atoms with Gasteiger partial charge in [0.1, 0.15) is 18.1 Å². The third kappa shape index (κ3) is 5.56. The second-order valence-corrected chi connectivity index (χ2v) is 9.16. The van der Waals surface area contributed by atoms with Crippen molar-refractivity contribution in [1.29, 1.82) is 0 Å². The predicted molar refractivity (Wildman–Crippen MR) is 109 cm³/mol. The van der Waals surface area contributed by atoms with Gasteiger partial charge >= 0.3 is 12.1 Å². The lowest BCUT2D eigenvalue weighted by atomic mass is 9.84. The maximum absolute atomic E-state index is 13.5. The van der Waals surface area contributed by atoms with Crippen molar-refractivity contribution >= 4 is 29.5 Å². The topological polar surface area (TPSA) is 142 Å². The van der Waals surface area contributed by atoms with E-state index in [1.54, 1.807) is 19.2 Å². The summed E-state index contributed by atoms with van der Waals surface area (Å²) in [6.07, 6.45) is -4.55. The Morgan fingerprint density at radius 2 is 1.88 bits per heavy atom. The lowest BCUT2D eigenvalue weighted by molar-refractivity contribution is -0.175. The van der Waals surface area contributed by atoms with Crippen molar-refractivity contribution in [3.05, 3.63) is 0 Å². The lowest BCUT2D eigenvalue weighted by Crippen LogP contribution is -2.57. The van der Waals surface area contributed by atoms with Crippen LogP contribution < -0.4 is 16.4 Å². The zero-order valence-electron chi connectivity index (χ0n) is 19.0. The molecule has 0 bridgehead atoms. The summed E-state index contributed by atoms with van der Waals surface area (Å²) in [7, 11) is 1.25. The second kappa shape index (κ2) is 9.56. The number of alkyl halides is 3. The van der Waals surface area contributed by atoms with Gasteiger partial charge < -0.3 is 26.2 Å². The van der Waals surface area contributed by atoms with Crippen LogP contribution in [0.25, 0.3) is 0 Å². The Morgan fingerprint density at radius 1 is 1.27 bits per heavy atom. The van der Waals surface area contributed by atoms with Gasteiger partial charge in [-0.3, -0.25) is 24.0 Å². The molecule has 2 aliphatic rings. The van der Waals surface area contributed by atoms with Gasteiger partial charge in [0.25, 0.3) is 0 Å². The highest BCUT2D eigenvalue weighted by atomic mass is 19.4. The van der Waals surface area contributed by atoms with Crippen molar-refractivity contribution in [2.24, 2.45) is 17.1 Å². The van der Waals surface area contributed by atoms with Crippen LogP contribution in [0, 0.1) is 11.3 Å². The van der Waals surface area contributed by atoms with Crippen LogP contribution in [0.1, 0.15) is 40.0 Å². The molecule has 4 N–H and O–H groups in total. The highest BCUT2D eigenvalue weighted by Gasteiger charge is 2.55. The number of likely N-dealkylation sites (N-methyl/N-ethyl adjacent to an activating group) is 1. The zero-order chi connectivity index (χ0) is 25.3. The highest BCUT2D eigenvalue weighted by Crippen LogP contribution is 2.41. The van der Waals surface area contributed by atoms with Crippen LogP contribution in [0.2, 0.25) is 0 Å². The largest absolute Gasteiger partial charge is 0.471 e. The smallest absolute Gasteiger partial charge is 0.368 e. The van der Waals surface area contributed by atoms with E-state index >= 15 is 0 Å². The normalized spacial score (nSPS) is 24.5. The van der Waals surface area contributed by atoms with E-state index in [0.717, 1.165) is 11.8 Å². The van der Waals surface area contributed by atoms with Gasteiger partial charge in [-0.1, -0.05) is 13.8 Å². The first-order valence-electron chi connectivity index (χ1n) is 10.6. The third-order valence-corrected chi connectivity index (χ3v) is 6.19. The summed E-state index contributed by atoms with van der Waals surface area (Å²) in [6.45, 7) is 5.00. The molecule has 2 aliphatic heterocycles. The van der Waals surface area contributed by atoms with E-state index in [1.165, 1.54) is 11.9 Å². The van der Waals surface area contributed by atoms with Gasteiger partial charge in [-0.25, -0.2) is 0 Å². The molecule has 2 heterocycles. The number of carbonyl (C=O) groups is 5. The summed E-state index contributed by atoms with van der Waals surface area (Å²) in [5, 5.41) is 4.28. The molecule has 0 aromatic rings. The molecule has 0 aromatic carbocycles. The van der Waals surface area contributed by atoms with Crippen molar-refractivity contribution < 1.29 is 37.1 Å². The lowest BCUT2D eigenvalue weighted by Gasteiger charge is -2.35. The number of nitrogens with one attached hydrogen (secondary N) is 2. The van der Waals surface area contributed by atoms with Gasteiger partial charge in [0.2, 0.25) is 23.6 Å². The van der Waals surface area contributed by atoms with Gasteiger partial charge in [-0.15, -0.1) is 0 Å². The van der Waals surface area contributed by atoms with Crippen molar-refractivity contribution in [2.45, 2.75) is 64.3 Å². The molecule has 0 radical (unpaired) electrons. The molecule has 33 heavy (non-hydrogen) atoms. The second-order valence-electron chi connectivity index (χ2n) is 9.16. The average molecular weight is 477 g/mol. The van der Waals surface area contributed by atoms with Crippen LogP contribution >= 0.6 is 0 Å². The van der Waals surface area contributed by atoms with E-state index in [-0.39, 0.29) is 31.2 Å². The highest BCUT2D eigenvalue weighted by molar-refractivity contribution is 5.96. The van der Waals surface area contributed by atoms with Crippen LogP contribution in [0.3, 0.4) is 0 Å². The molecular formula is C20H30F3N5O5. The number of rotatable bonds is 7. The molecule has 2 saturated heterocycles. The summed E-state index contributed by atoms with van der Waals surface area (Å²) in [6, 6.07) is -3.74. The summed E-state index contributed by atoms with van der Waals surface area (Å²) in [4.78, 5) is 64.2. The number of halogens is 3. The maximum Gasteiger partial charge on any atom is 0.471 e. The molecule has 186 valence electrons. The van der Waals surface area contributed by atoms with Crippen LogP contribution in [0.15, 0.2) is 0 Å². The fourth-order valence-corrected chi connectivity index (χ4v) is 4.39. The molecule has 5 amide bonds. The first-order chi connectivity index (χ1) is 15.1. The van der Waals surface area contributed by atoms with E-state index in [4.69, 9.17) is 5.73 Å². The van der Waals surface area contributed by atoms with Crippen molar-refractivity contribution in [1.82, 2.24) is 20.4 Å². The minimum atomic E-state index is -5.17. The molecular weight excluding hydrogens is 447 g/mol. The molecule has 10 nitrogen and oxygen atoms in total. The number of amides is 5. The van der Waals surface area contributed by atoms with Crippen molar-refractivity contribution in [3.63, 3.8) is 0 Å². The number of likely N-dealkylation sites (tertiary alicyclic amines) is 1. The van der Waals surface area contributed by atoms with E-state index in [2.05, 4.69) is 5.32 Å². The van der Waals surface area contributed by atoms with Gasteiger partial charge in [0.05, 0.1) is 5.41 Å². The summed E-state index contributed by atoms with van der Waals surface area (Å²) in [5.41, 5.74) is 4.55. The summed E-state index contributed by atoms with van der Waals surface area (Å²) < 4.78 is 37.7. The Kier molecular flexibility index (Phi) is 7.64.